The zero-order chi connectivity index (χ0) is 25.7. The number of nitrogens with one attached hydrogen (secondary N) is 2. The predicted octanol–water partition coefficient (Wildman–Crippen LogP) is 4.03. The van der Waals surface area contributed by atoms with E-state index in [2.05, 4.69) is 10.6 Å². The van der Waals surface area contributed by atoms with E-state index in [9.17, 15) is 19.2 Å². The molecular formula is C26H20ClN3O6. The van der Waals surface area contributed by atoms with Gasteiger partial charge in [0.1, 0.15) is 17.1 Å². The van der Waals surface area contributed by atoms with Crippen molar-refractivity contribution >= 4 is 52.8 Å². The van der Waals surface area contributed by atoms with Crippen LogP contribution in [-0.2, 0) is 14.4 Å². The van der Waals surface area contributed by atoms with Gasteiger partial charge in [0.25, 0.3) is 17.7 Å². The fourth-order valence-electron chi connectivity index (χ4n) is 3.40. The van der Waals surface area contributed by atoms with Crippen molar-refractivity contribution in [3.8, 4) is 11.5 Å². The molecule has 1 heterocycles. The van der Waals surface area contributed by atoms with Gasteiger partial charge in [-0.25, -0.2) is 9.69 Å². The number of carbonyl (C=O) groups is 4. The standard InChI is InChI=1S/C26H20ClN3O6/c1-35-20-10-8-18(9-11-20)28-23(31)15-36-22-12-7-17(27)13-16(22)14-21-24(32)29-26(34)30(25(21)33)19-5-3-2-4-6-19/h2-14H,15H2,1H3,(H,28,31)(H,29,32,34)/b21-14-. The molecule has 0 unspecified atom stereocenters. The number of hydrogen-bond donors (Lipinski definition) is 2. The van der Waals surface area contributed by atoms with Crippen LogP contribution < -0.4 is 25.0 Å². The van der Waals surface area contributed by atoms with Crippen molar-refractivity contribution in [3.63, 3.8) is 0 Å². The van der Waals surface area contributed by atoms with Gasteiger partial charge in [-0.3, -0.25) is 19.7 Å². The molecule has 0 aromatic heterocycles. The van der Waals surface area contributed by atoms with Crippen molar-refractivity contribution in [1.29, 1.82) is 0 Å². The number of amides is 5. The molecule has 2 N–H and O–H groups in total. The smallest absolute Gasteiger partial charge is 0.335 e. The Kier molecular flexibility index (Phi) is 7.31. The van der Waals surface area contributed by atoms with Gasteiger partial charge in [0.05, 0.1) is 12.8 Å². The zero-order valence-corrected chi connectivity index (χ0v) is 19.7. The number of para-hydroxylation sites is 1. The first-order chi connectivity index (χ1) is 17.4. The van der Waals surface area contributed by atoms with Crippen molar-refractivity contribution in [3.05, 3.63) is 89.0 Å². The molecule has 0 radical (unpaired) electrons. The van der Waals surface area contributed by atoms with Crippen LogP contribution in [0.25, 0.3) is 6.08 Å². The fourth-order valence-corrected chi connectivity index (χ4v) is 3.58. The van der Waals surface area contributed by atoms with E-state index in [-0.39, 0.29) is 23.5 Å². The van der Waals surface area contributed by atoms with E-state index in [1.165, 1.54) is 18.2 Å². The normalized spacial score (nSPS) is 14.4. The molecule has 1 aliphatic rings. The van der Waals surface area contributed by atoms with Crippen molar-refractivity contribution in [2.75, 3.05) is 23.9 Å². The quantitative estimate of drug-likeness (QED) is 0.370. The molecule has 0 spiro atoms. The number of urea groups is 1. The van der Waals surface area contributed by atoms with Crippen LogP contribution in [0.15, 0.2) is 78.4 Å². The minimum absolute atomic E-state index is 0.209. The van der Waals surface area contributed by atoms with Gasteiger partial charge in [0.2, 0.25) is 0 Å². The highest BCUT2D eigenvalue weighted by Crippen LogP contribution is 2.28. The van der Waals surface area contributed by atoms with Crippen LogP contribution in [0.2, 0.25) is 5.02 Å². The molecule has 3 aromatic rings. The fraction of sp³-hybridized carbons (Fsp3) is 0.0769. The molecule has 0 aliphatic carbocycles. The third kappa shape index (κ3) is 5.53. The second kappa shape index (κ2) is 10.7. The Labute approximate surface area is 211 Å². The Morgan fingerprint density at radius 3 is 2.44 bits per heavy atom. The minimum Gasteiger partial charge on any atom is -0.497 e. The molecule has 4 rings (SSSR count). The van der Waals surface area contributed by atoms with Gasteiger partial charge in [0.15, 0.2) is 6.61 Å². The molecule has 1 aliphatic heterocycles. The predicted molar refractivity (Wildman–Crippen MR) is 134 cm³/mol. The first kappa shape index (κ1) is 24.5. The van der Waals surface area contributed by atoms with Crippen molar-refractivity contribution in [2.45, 2.75) is 0 Å². The van der Waals surface area contributed by atoms with Crippen LogP contribution >= 0.6 is 11.6 Å². The van der Waals surface area contributed by atoms with Crippen LogP contribution in [0.4, 0.5) is 16.2 Å². The summed E-state index contributed by atoms with van der Waals surface area (Å²) in [5.74, 6) is -1.24. The average Bonchev–Trinajstić information content (AvgIpc) is 2.87. The average molecular weight is 506 g/mol. The van der Waals surface area contributed by atoms with Gasteiger partial charge in [-0.1, -0.05) is 29.8 Å². The third-order valence-electron chi connectivity index (χ3n) is 5.12. The Bertz CT molecular complexity index is 1360. The summed E-state index contributed by atoms with van der Waals surface area (Å²) in [4.78, 5) is 51.2. The number of anilines is 2. The topological polar surface area (TPSA) is 114 Å². The van der Waals surface area contributed by atoms with E-state index >= 15 is 0 Å². The maximum atomic E-state index is 13.1. The number of rotatable bonds is 7. The molecule has 1 fully saturated rings. The number of imide groups is 2. The summed E-state index contributed by atoms with van der Waals surface area (Å²) in [6, 6.07) is 18.7. The molecule has 0 saturated carbocycles. The Morgan fingerprint density at radius 2 is 1.75 bits per heavy atom. The number of carbonyl (C=O) groups excluding carboxylic acids is 4. The lowest BCUT2D eigenvalue weighted by Crippen LogP contribution is -2.54. The highest BCUT2D eigenvalue weighted by molar-refractivity contribution is 6.39. The molecule has 5 amide bonds. The molecule has 0 bridgehead atoms. The number of benzene rings is 3. The minimum atomic E-state index is -0.861. The van der Waals surface area contributed by atoms with Crippen molar-refractivity contribution < 1.29 is 28.7 Å². The molecular weight excluding hydrogens is 486 g/mol. The van der Waals surface area contributed by atoms with Gasteiger partial charge in [0, 0.05) is 16.3 Å². The molecule has 9 nitrogen and oxygen atoms in total. The molecule has 0 atom stereocenters. The highest BCUT2D eigenvalue weighted by Gasteiger charge is 2.36. The van der Waals surface area contributed by atoms with Crippen LogP contribution in [0.5, 0.6) is 11.5 Å². The zero-order valence-electron chi connectivity index (χ0n) is 19.0. The molecule has 36 heavy (non-hydrogen) atoms. The summed E-state index contributed by atoms with van der Waals surface area (Å²) in [6.07, 6.45) is 1.27. The Morgan fingerprint density at radius 1 is 1.03 bits per heavy atom. The highest BCUT2D eigenvalue weighted by atomic mass is 35.5. The number of barbiturate groups is 1. The van der Waals surface area contributed by atoms with Gasteiger partial charge < -0.3 is 14.8 Å². The lowest BCUT2D eigenvalue weighted by Gasteiger charge is -2.26. The monoisotopic (exact) mass is 505 g/mol. The number of ether oxygens (including phenoxy) is 2. The summed E-state index contributed by atoms with van der Waals surface area (Å²) in [5.41, 5.74) is 0.836. The number of methoxy groups -OCH3 is 1. The first-order valence-corrected chi connectivity index (χ1v) is 11.1. The summed E-state index contributed by atoms with van der Waals surface area (Å²) in [7, 11) is 1.54. The maximum absolute atomic E-state index is 13.1. The van der Waals surface area contributed by atoms with E-state index in [4.69, 9.17) is 21.1 Å². The third-order valence-corrected chi connectivity index (χ3v) is 5.36. The lowest BCUT2D eigenvalue weighted by atomic mass is 10.1. The van der Waals surface area contributed by atoms with E-state index in [0.717, 1.165) is 4.90 Å². The first-order valence-electron chi connectivity index (χ1n) is 10.7. The van der Waals surface area contributed by atoms with Gasteiger partial charge in [-0.15, -0.1) is 0 Å². The van der Waals surface area contributed by atoms with Crippen LogP contribution in [-0.4, -0.2) is 37.5 Å². The van der Waals surface area contributed by atoms with Gasteiger partial charge in [-0.05, 0) is 60.7 Å². The Balaban J connectivity index is 1.54. The molecule has 10 heteroatoms. The molecule has 1 saturated heterocycles. The van der Waals surface area contributed by atoms with E-state index in [1.54, 1.807) is 67.8 Å². The lowest BCUT2D eigenvalue weighted by molar-refractivity contribution is -0.122. The van der Waals surface area contributed by atoms with Crippen molar-refractivity contribution in [2.24, 2.45) is 0 Å². The van der Waals surface area contributed by atoms with E-state index < -0.39 is 23.8 Å². The summed E-state index contributed by atoms with van der Waals surface area (Å²) in [5, 5.41) is 5.17. The largest absolute Gasteiger partial charge is 0.497 e. The number of halogens is 1. The maximum Gasteiger partial charge on any atom is 0.335 e. The summed E-state index contributed by atoms with van der Waals surface area (Å²) < 4.78 is 10.7. The van der Waals surface area contributed by atoms with E-state index in [0.29, 0.717) is 22.1 Å². The van der Waals surface area contributed by atoms with Crippen LogP contribution in [0.1, 0.15) is 5.56 Å². The van der Waals surface area contributed by atoms with E-state index in [1.807, 2.05) is 0 Å². The second-order valence-corrected chi connectivity index (χ2v) is 7.98. The number of hydrogen-bond acceptors (Lipinski definition) is 6. The molecule has 3 aromatic carbocycles. The van der Waals surface area contributed by atoms with Gasteiger partial charge in [-0.2, -0.15) is 0 Å². The molecule has 182 valence electrons. The number of nitrogens with zero attached hydrogens (tertiary/aromatic N) is 1. The summed E-state index contributed by atoms with van der Waals surface area (Å²) >= 11 is 6.13. The van der Waals surface area contributed by atoms with Crippen molar-refractivity contribution in [1.82, 2.24) is 5.32 Å². The Hall–Kier alpha value is -4.63. The van der Waals surface area contributed by atoms with Crippen LogP contribution in [0, 0.1) is 0 Å². The SMILES string of the molecule is COc1ccc(NC(=O)COc2ccc(Cl)cc2/C=C2/C(=O)NC(=O)N(c3ccccc3)C2=O)cc1. The second-order valence-electron chi connectivity index (χ2n) is 7.54. The summed E-state index contributed by atoms with van der Waals surface area (Å²) in [6.45, 7) is -0.349. The van der Waals surface area contributed by atoms with Gasteiger partial charge >= 0.3 is 6.03 Å². The van der Waals surface area contributed by atoms with Crippen LogP contribution in [0.3, 0.4) is 0 Å².